The largest absolute Gasteiger partial charge is 0.490 e. The maximum Gasteiger partial charge on any atom is 0.193 e. The maximum absolute atomic E-state index is 12.8. The zero-order valence-electron chi connectivity index (χ0n) is 15.2. The van der Waals surface area contributed by atoms with Crippen LogP contribution in [0.3, 0.4) is 0 Å². The van der Waals surface area contributed by atoms with Gasteiger partial charge in [-0.25, -0.2) is 4.98 Å². The molecule has 1 aliphatic heterocycles. The molecule has 0 saturated carbocycles. The number of aryl methyl sites for hydroxylation is 1. The Hall–Kier alpha value is -2.25. The molecule has 4 rings (SSSR count). The van der Waals surface area contributed by atoms with Gasteiger partial charge in [0.2, 0.25) is 0 Å². The summed E-state index contributed by atoms with van der Waals surface area (Å²) in [6.07, 6.45) is 2.66. The number of carbonyl (C=O) groups is 1. The van der Waals surface area contributed by atoms with Crippen LogP contribution in [0.25, 0.3) is 5.13 Å². The van der Waals surface area contributed by atoms with Crippen molar-refractivity contribution in [2.75, 3.05) is 19.0 Å². The van der Waals surface area contributed by atoms with Crippen LogP contribution in [0.5, 0.6) is 11.5 Å². The topological polar surface area (TPSA) is 53.4 Å². The van der Waals surface area contributed by atoms with Crippen LogP contribution in [-0.2, 0) is 0 Å². The van der Waals surface area contributed by atoms with Crippen LogP contribution in [-0.4, -0.2) is 34.3 Å². The van der Waals surface area contributed by atoms with Crippen molar-refractivity contribution >= 4 is 28.9 Å². The van der Waals surface area contributed by atoms with Gasteiger partial charge in [-0.05, 0) is 38.1 Å². The van der Waals surface area contributed by atoms with Crippen LogP contribution in [0.15, 0.2) is 40.7 Å². The molecule has 0 N–H and O–H groups in total. The second-order valence-electron chi connectivity index (χ2n) is 6.31. The maximum atomic E-state index is 12.8. The van der Waals surface area contributed by atoms with Gasteiger partial charge in [0, 0.05) is 39.8 Å². The van der Waals surface area contributed by atoms with E-state index in [9.17, 15) is 4.79 Å². The first-order valence-electron chi connectivity index (χ1n) is 8.78. The number of hydrogen-bond donors (Lipinski definition) is 0. The van der Waals surface area contributed by atoms with Gasteiger partial charge in [-0.2, -0.15) is 0 Å². The Morgan fingerprint density at radius 2 is 2.04 bits per heavy atom. The third kappa shape index (κ3) is 3.75. The number of benzene rings is 1. The predicted octanol–water partition coefficient (Wildman–Crippen LogP) is 4.69. The van der Waals surface area contributed by atoms with Crippen molar-refractivity contribution in [1.29, 1.82) is 0 Å². The number of ketones is 1. The summed E-state index contributed by atoms with van der Waals surface area (Å²) in [7, 11) is 0. The van der Waals surface area contributed by atoms with Gasteiger partial charge < -0.3 is 9.47 Å². The molecule has 7 heteroatoms. The van der Waals surface area contributed by atoms with Crippen molar-refractivity contribution < 1.29 is 14.3 Å². The van der Waals surface area contributed by atoms with Crippen LogP contribution in [0, 0.1) is 13.8 Å². The van der Waals surface area contributed by atoms with Gasteiger partial charge in [0.25, 0.3) is 0 Å². The Labute approximate surface area is 166 Å². The zero-order chi connectivity index (χ0) is 18.8. The average molecular weight is 401 g/mol. The van der Waals surface area contributed by atoms with E-state index >= 15 is 0 Å². The van der Waals surface area contributed by atoms with Gasteiger partial charge in [0.1, 0.15) is 0 Å². The molecule has 0 bridgehead atoms. The molecule has 0 radical (unpaired) electrons. The molecule has 5 nitrogen and oxygen atoms in total. The zero-order valence-corrected chi connectivity index (χ0v) is 16.9. The number of hydrogen-bond acceptors (Lipinski definition) is 6. The highest BCUT2D eigenvalue weighted by atomic mass is 32.2. The summed E-state index contributed by atoms with van der Waals surface area (Å²) in [5, 5.41) is 2.83. The number of ether oxygens (including phenoxy) is 2. The fourth-order valence-electron chi connectivity index (χ4n) is 3.13. The molecule has 0 fully saturated rings. The van der Waals surface area contributed by atoms with Crippen molar-refractivity contribution in [3.05, 3.63) is 52.8 Å². The second kappa shape index (κ2) is 7.78. The van der Waals surface area contributed by atoms with E-state index < -0.39 is 0 Å². The Kier molecular flexibility index (Phi) is 5.22. The number of rotatable bonds is 5. The number of thiazole rings is 1. The summed E-state index contributed by atoms with van der Waals surface area (Å²) in [4.78, 5) is 18.2. The summed E-state index contributed by atoms with van der Waals surface area (Å²) in [5.74, 6) is 2.02. The van der Waals surface area contributed by atoms with Gasteiger partial charge in [-0.3, -0.25) is 9.36 Å². The minimum atomic E-state index is 0.114. The lowest BCUT2D eigenvalue weighted by molar-refractivity contribution is 0.102. The van der Waals surface area contributed by atoms with Crippen molar-refractivity contribution in [2.45, 2.75) is 25.2 Å². The quantitative estimate of drug-likeness (QED) is 0.459. The molecule has 0 amide bonds. The van der Waals surface area contributed by atoms with Gasteiger partial charge >= 0.3 is 0 Å². The average Bonchev–Trinajstić information content (AvgIpc) is 3.20. The summed E-state index contributed by atoms with van der Waals surface area (Å²) < 4.78 is 13.4. The minimum absolute atomic E-state index is 0.114. The van der Waals surface area contributed by atoms with Crippen LogP contribution < -0.4 is 9.47 Å². The van der Waals surface area contributed by atoms with Crippen molar-refractivity contribution in [3.63, 3.8) is 0 Å². The summed E-state index contributed by atoms with van der Waals surface area (Å²) in [6.45, 7) is 5.30. The molecule has 0 unspecified atom stereocenters. The third-order valence-electron chi connectivity index (χ3n) is 4.43. The molecule has 140 valence electrons. The van der Waals surface area contributed by atoms with Crippen molar-refractivity contribution in [2.24, 2.45) is 0 Å². The second-order valence-corrected chi connectivity index (χ2v) is 8.23. The van der Waals surface area contributed by atoms with Gasteiger partial charge in [-0.1, -0.05) is 0 Å². The lowest BCUT2D eigenvalue weighted by Crippen LogP contribution is -2.05. The Balaban J connectivity index is 1.49. The summed E-state index contributed by atoms with van der Waals surface area (Å²) in [5.41, 5.74) is 2.71. The molecule has 0 aliphatic carbocycles. The highest BCUT2D eigenvalue weighted by Crippen LogP contribution is 2.34. The first-order valence-corrected chi connectivity index (χ1v) is 10.6. The highest BCUT2D eigenvalue weighted by Gasteiger charge is 2.18. The molecular formula is C20H20N2O3S2. The van der Waals surface area contributed by atoms with E-state index in [-0.39, 0.29) is 5.78 Å². The standard InChI is InChI=1S/C20H20N2O3S2/c1-13-10-16(14(2)22(13)20-21-6-9-26-20)17(23)12-27-15-4-5-18-19(11-15)25-8-3-7-24-18/h4-6,9-11H,3,7-8,12H2,1-2H3. The Morgan fingerprint density at radius 3 is 2.81 bits per heavy atom. The number of nitrogens with zero attached hydrogens (tertiary/aromatic N) is 2. The number of carbonyl (C=O) groups excluding carboxylic acids is 1. The lowest BCUT2D eigenvalue weighted by Gasteiger charge is -2.09. The van der Waals surface area contributed by atoms with E-state index in [1.807, 2.05) is 48.1 Å². The first-order chi connectivity index (χ1) is 13.1. The third-order valence-corrected chi connectivity index (χ3v) is 6.18. The molecule has 3 aromatic rings. The molecular weight excluding hydrogens is 380 g/mol. The molecule has 3 heterocycles. The molecule has 0 saturated heterocycles. The van der Waals surface area contributed by atoms with Crippen LogP contribution in [0.1, 0.15) is 28.2 Å². The van der Waals surface area contributed by atoms with Crippen LogP contribution >= 0.6 is 23.1 Å². The number of thioether (sulfide) groups is 1. The summed E-state index contributed by atoms with van der Waals surface area (Å²) in [6, 6.07) is 7.80. The molecule has 1 aromatic carbocycles. The smallest absolute Gasteiger partial charge is 0.193 e. The van der Waals surface area contributed by atoms with Gasteiger partial charge in [0.15, 0.2) is 22.4 Å². The van der Waals surface area contributed by atoms with Gasteiger partial charge in [0.05, 0.1) is 19.0 Å². The van der Waals surface area contributed by atoms with Crippen LogP contribution in [0.4, 0.5) is 0 Å². The first kappa shape index (κ1) is 18.1. The van der Waals surface area contributed by atoms with Gasteiger partial charge in [-0.15, -0.1) is 23.1 Å². The normalized spacial score (nSPS) is 13.4. The van der Waals surface area contributed by atoms with E-state index in [0.717, 1.165) is 44.9 Å². The number of fused-ring (bicyclic) bond motifs is 1. The van der Waals surface area contributed by atoms with E-state index in [0.29, 0.717) is 19.0 Å². The SMILES string of the molecule is Cc1cc(C(=O)CSc2ccc3c(c2)OCCCO3)c(C)n1-c1nccs1. The molecule has 0 spiro atoms. The number of Topliss-reactive ketones (excluding diaryl/α,β-unsaturated/α-hetero) is 1. The molecule has 1 aliphatic rings. The van der Waals surface area contributed by atoms with E-state index in [1.54, 1.807) is 17.5 Å². The summed E-state index contributed by atoms with van der Waals surface area (Å²) >= 11 is 3.08. The number of aromatic nitrogens is 2. The fraction of sp³-hybridized carbons (Fsp3) is 0.300. The lowest BCUT2D eigenvalue weighted by atomic mass is 10.2. The van der Waals surface area contributed by atoms with Crippen molar-refractivity contribution in [3.8, 4) is 16.6 Å². The Bertz CT molecular complexity index is 964. The monoisotopic (exact) mass is 400 g/mol. The minimum Gasteiger partial charge on any atom is -0.490 e. The van der Waals surface area contributed by atoms with E-state index in [4.69, 9.17) is 9.47 Å². The molecule has 2 aromatic heterocycles. The van der Waals surface area contributed by atoms with E-state index in [2.05, 4.69) is 4.98 Å². The highest BCUT2D eigenvalue weighted by molar-refractivity contribution is 8.00. The molecule has 0 atom stereocenters. The fourth-order valence-corrected chi connectivity index (χ4v) is 4.69. The molecule has 27 heavy (non-hydrogen) atoms. The van der Waals surface area contributed by atoms with Crippen LogP contribution in [0.2, 0.25) is 0 Å². The predicted molar refractivity (Wildman–Crippen MR) is 108 cm³/mol. The Morgan fingerprint density at radius 1 is 1.22 bits per heavy atom. The van der Waals surface area contributed by atoms with E-state index in [1.165, 1.54) is 11.8 Å². The van der Waals surface area contributed by atoms with Crippen molar-refractivity contribution in [1.82, 2.24) is 9.55 Å².